The number of anilines is 1. The Morgan fingerprint density at radius 2 is 2.35 bits per heavy atom. The molecule has 1 atom stereocenters. The molecule has 1 aromatic heterocycles. The number of nitrogens with one attached hydrogen (secondary N) is 1. The van der Waals surface area contributed by atoms with Crippen LogP contribution in [0.25, 0.3) is 0 Å². The van der Waals surface area contributed by atoms with Gasteiger partial charge >= 0.3 is 5.97 Å². The van der Waals surface area contributed by atoms with Gasteiger partial charge in [0.05, 0.1) is 12.1 Å². The van der Waals surface area contributed by atoms with E-state index >= 15 is 0 Å². The standard InChI is InChI=1S/C11H15N3O3/c1-11(5-2-6-17-7-11)12-9-4-3-8(10(15)16)13-14-9/h3-4H,2,5-7H2,1H3,(H,12,14)(H,15,16). The molecule has 1 aliphatic rings. The average Bonchev–Trinajstić information content (AvgIpc) is 2.30. The first kappa shape index (κ1) is 11.8. The Kier molecular flexibility index (Phi) is 3.23. The second-order valence-corrected chi connectivity index (χ2v) is 4.45. The van der Waals surface area contributed by atoms with Crippen molar-refractivity contribution in [3.05, 3.63) is 17.8 Å². The van der Waals surface area contributed by atoms with Crippen molar-refractivity contribution >= 4 is 11.8 Å². The molecule has 6 heteroatoms. The molecular formula is C11H15N3O3. The minimum Gasteiger partial charge on any atom is -0.476 e. The molecule has 6 nitrogen and oxygen atoms in total. The second-order valence-electron chi connectivity index (χ2n) is 4.45. The summed E-state index contributed by atoms with van der Waals surface area (Å²) >= 11 is 0. The highest BCUT2D eigenvalue weighted by atomic mass is 16.5. The maximum atomic E-state index is 10.6. The molecule has 2 N–H and O–H groups in total. The minimum absolute atomic E-state index is 0.0550. The summed E-state index contributed by atoms with van der Waals surface area (Å²) in [5, 5.41) is 19.4. The molecule has 0 spiro atoms. The number of hydrogen-bond donors (Lipinski definition) is 2. The molecule has 1 aliphatic heterocycles. The zero-order valence-electron chi connectivity index (χ0n) is 9.64. The first-order chi connectivity index (χ1) is 8.09. The molecule has 17 heavy (non-hydrogen) atoms. The van der Waals surface area contributed by atoms with Gasteiger partial charge in [0.25, 0.3) is 0 Å². The van der Waals surface area contributed by atoms with Crippen LogP contribution in [0.4, 0.5) is 5.82 Å². The zero-order valence-corrected chi connectivity index (χ0v) is 9.64. The van der Waals surface area contributed by atoms with Crippen LogP contribution in [0.1, 0.15) is 30.3 Å². The number of aromatic nitrogens is 2. The van der Waals surface area contributed by atoms with Gasteiger partial charge in [0, 0.05) is 6.61 Å². The fourth-order valence-corrected chi connectivity index (χ4v) is 1.85. The third-order valence-corrected chi connectivity index (χ3v) is 2.75. The van der Waals surface area contributed by atoms with Crippen molar-refractivity contribution in [2.45, 2.75) is 25.3 Å². The summed E-state index contributed by atoms with van der Waals surface area (Å²) in [4.78, 5) is 10.6. The Morgan fingerprint density at radius 1 is 1.53 bits per heavy atom. The van der Waals surface area contributed by atoms with E-state index in [1.165, 1.54) is 6.07 Å². The monoisotopic (exact) mass is 237 g/mol. The Bertz CT molecular complexity index is 399. The van der Waals surface area contributed by atoms with Gasteiger partial charge in [0.2, 0.25) is 0 Å². The molecule has 0 aliphatic carbocycles. The molecule has 92 valence electrons. The molecule has 1 aromatic rings. The molecule has 2 rings (SSSR count). The van der Waals surface area contributed by atoms with Crippen LogP contribution in [0.15, 0.2) is 12.1 Å². The lowest BCUT2D eigenvalue weighted by Gasteiger charge is -2.34. The van der Waals surface area contributed by atoms with E-state index in [0.717, 1.165) is 19.4 Å². The van der Waals surface area contributed by atoms with Gasteiger partial charge in [-0.15, -0.1) is 10.2 Å². The predicted molar refractivity (Wildman–Crippen MR) is 61.1 cm³/mol. The van der Waals surface area contributed by atoms with Crippen LogP contribution >= 0.6 is 0 Å². The third-order valence-electron chi connectivity index (χ3n) is 2.75. The lowest BCUT2D eigenvalue weighted by Crippen LogP contribution is -2.43. The van der Waals surface area contributed by atoms with E-state index in [-0.39, 0.29) is 11.2 Å². The van der Waals surface area contributed by atoms with Crippen LogP contribution in [-0.2, 0) is 4.74 Å². The Hall–Kier alpha value is -1.69. The summed E-state index contributed by atoms with van der Waals surface area (Å²) < 4.78 is 5.41. The molecule has 1 unspecified atom stereocenters. The van der Waals surface area contributed by atoms with Crippen LogP contribution in [0.5, 0.6) is 0 Å². The van der Waals surface area contributed by atoms with Crippen LogP contribution in [0.3, 0.4) is 0 Å². The molecule has 2 heterocycles. The van der Waals surface area contributed by atoms with Crippen molar-refractivity contribution in [1.29, 1.82) is 0 Å². The summed E-state index contributed by atoms with van der Waals surface area (Å²) in [6.07, 6.45) is 2.00. The predicted octanol–water partition coefficient (Wildman–Crippen LogP) is 1.16. The minimum atomic E-state index is -1.07. The second kappa shape index (κ2) is 4.67. The van der Waals surface area contributed by atoms with Gasteiger partial charge in [-0.25, -0.2) is 4.79 Å². The highest BCUT2D eigenvalue weighted by Gasteiger charge is 2.27. The quantitative estimate of drug-likeness (QED) is 0.820. The lowest BCUT2D eigenvalue weighted by molar-refractivity contribution is 0.0538. The van der Waals surface area contributed by atoms with Crippen molar-refractivity contribution in [2.75, 3.05) is 18.5 Å². The van der Waals surface area contributed by atoms with Gasteiger partial charge < -0.3 is 15.2 Å². The van der Waals surface area contributed by atoms with Crippen molar-refractivity contribution in [3.63, 3.8) is 0 Å². The van der Waals surface area contributed by atoms with Crippen LogP contribution in [-0.4, -0.2) is 40.0 Å². The molecule has 0 amide bonds. The van der Waals surface area contributed by atoms with E-state index in [0.29, 0.717) is 12.4 Å². The first-order valence-electron chi connectivity index (χ1n) is 5.52. The summed E-state index contributed by atoms with van der Waals surface area (Å²) in [6.45, 7) is 3.47. The molecular weight excluding hydrogens is 222 g/mol. The van der Waals surface area contributed by atoms with Gasteiger partial charge in [-0.05, 0) is 31.9 Å². The average molecular weight is 237 g/mol. The molecule has 0 saturated carbocycles. The number of nitrogens with zero attached hydrogens (tertiary/aromatic N) is 2. The van der Waals surface area contributed by atoms with Crippen molar-refractivity contribution in [2.24, 2.45) is 0 Å². The van der Waals surface area contributed by atoms with Gasteiger partial charge in [-0.2, -0.15) is 0 Å². The zero-order chi connectivity index (χ0) is 12.3. The number of hydrogen-bond acceptors (Lipinski definition) is 5. The highest BCUT2D eigenvalue weighted by Crippen LogP contribution is 2.22. The van der Waals surface area contributed by atoms with E-state index in [1.54, 1.807) is 6.07 Å². The number of aromatic carboxylic acids is 1. The number of carboxylic acid groups (broad SMARTS) is 1. The number of carboxylic acids is 1. The van der Waals surface area contributed by atoms with Gasteiger partial charge in [0.1, 0.15) is 5.82 Å². The fourth-order valence-electron chi connectivity index (χ4n) is 1.85. The normalized spacial score (nSPS) is 24.3. The van der Waals surface area contributed by atoms with Gasteiger partial charge in [-0.3, -0.25) is 0 Å². The maximum absolute atomic E-state index is 10.6. The van der Waals surface area contributed by atoms with E-state index in [9.17, 15) is 4.79 Å². The van der Waals surface area contributed by atoms with Gasteiger partial charge in [-0.1, -0.05) is 0 Å². The molecule has 1 fully saturated rings. The van der Waals surface area contributed by atoms with Crippen molar-refractivity contribution in [1.82, 2.24) is 10.2 Å². The molecule has 0 aromatic carbocycles. The smallest absolute Gasteiger partial charge is 0.356 e. The number of carbonyl (C=O) groups is 1. The number of rotatable bonds is 3. The summed E-state index contributed by atoms with van der Waals surface area (Å²) in [7, 11) is 0. The van der Waals surface area contributed by atoms with Crippen LogP contribution < -0.4 is 5.32 Å². The fraction of sp³-hybridized carbons (Fsp3) is 0.545. The Balaban J connectivity index is 2.05. The van der Waals surface area contributed by atoms with E-state index in [2.05, 4.69) is 22.4 Å². The summed E-state index contributed by atoms with van der Waals surface area (Å²) in [5.74, 6) is -0.501. The largest absolute Gasteiger partial charge is 0.476 e. The summed E-state index contributed by atoms with van der Waals surface area (Å²) in [6, 6.07) is 3.06. The molecule has 1 saturated heterocycles. The Morgan fingerprint density at radius 3 is 2.88 bits per heavy atom. The van der Waals surface area contributed by atoms with Crippen LogP contribution in [0, 0.1) is 0 Å². The van der Waals surface area contributed by atoms with E-state index in [1.807, 2.05) is 0 Å². The maximum Gasteiger partial charge on any atom is 0.356 e. The first-order valence-corrected chi connectivity index (χ1v) is 5.52. The van der Waals surface area contributed by atoms with Crippen molar-refractivity contribution < 1.29 is 14.6 Å². The van der Waals surface area contributed by atoms with E-state index < -0.39 is 5.97 Å². The summed E-state index contributed by atoms with van der Waals surface area (Å²) in [5.41, 5.74) is -0.210. The molecule has 0 bridgehead atoms. The number of ether oxygens (including phenoxy) is 1. The highest BCUT2D eigenvalue weighted by molar-refractivity contribution is 5.85. The molecule has 0 radical (unpaired) electrons. The topological polar surface area (TPSA) is 84.3 Å². The van der Waals surface area contributed by atoms with Crippen molar-refractivity contribution in [3.8, 4) is 0 Å². The lowest BCUT2D eigenvalue weighted by atomic mass is 9.95. The SMILES string of the molecule is CC1(Nc2ccc(C(=O)O)nn2)CCCOC1. The van der Waals surface area contributed by atoms with Gasteiger partial charge in [0.15, 0.2) is 5.69 Å². The van der Waals surface area contributed by atoms with E-state index in [4.69, 9.17) is 9.84 Å². The third kappa shape index (κ3) is 2.91. The van der Waals surface area contributed by atoms with Crippen LogP contribution in [0.2, 0.25) is 0 Å². The Labute approximate surface area is 99.0 Å².